The van der Waals surface area contributed by atoms with Gasteiger partial charge in [-0.2, -0.15) is 0 Å². The molecule has 0 aliphatic heterocycles. The largest absolute Gasteiger partial charge is 0.351 e. The van der Waals surface area contributed by atoms with E-state index in [2.05, 4.69) is 62.1 Å². The van der Waals surface area contributed by atoms with E-state index in [-0.39, 0.29) is 17.4 Å². The summed E-state index contributed by atoms with van der Waals surface area (Å²) in [5.74, 6) is 0.331. The summed E-state index contributed by atoms with van der Waals surface area (Å²) in [4.78, 5) is 24.7. The Labute approximate surface area is 187 Å². The Morgan fingerprint density at radius 1 is 1.09 bits per heavy atom. The molecule has 2 aliphatic carbocycles. The van der Waals surface area contributed by atoms with Crippen LogP contribution in [-0.2, 0) is 4.79 Å². The molecule has 2 aliphatic rings. The number of hydrogen-bond donors (Lipinski definition) is 2. The molecule has 4 aromatic rings. The summed E-state index contributed by atoms with van der Waals surface area (Å²) in [7, 11) is 0. The normalized spacial score (nSPS) is 21.7. The van der Waals surface area contributed by atoms with Gasteiger partial charge in [0, 0.05) is 40.8 Å². The predicted molar refractivity (Wildman–Crippen MR) is 125 cm³/mol. The number of aromatic amines is 1. The molecule has 162 valence electrons. The van der Waals surface area contributed by atoms with Crippen LogP contribution in [0.5, 0.6) is 0 Å². The summed E-state index contributed by atoms with van der Waals surface area (Å²) in [5, 5.41) is 4.36. The van der Waals surface area contributed by atoms with Crippen LogP contribution >= 0.6 is 0 Å². The predicted octanol–water partition coefficient (Wildman–Crippen LogP) is 5.10. The third kappa shape index (κ3) is 3.49. The van der Waals surface area contributed by atoms with Gasteiger partial charge >= 0.3 is 0 Å². The van der Waals surface area contributed by atoms with E-state index in [0.717, 1.165) is 65.5 Å². The third-order valence-corrected chi connectivity index (χ3v) is 7.17. The molecular weight excluding hydrogens is 398 g/mol. The van der Waals surface area contributed by atoms with Crippen molar-refractivity contribution in [3.63, 3.8) is 0 Å². The zero-order chi connectivity index (χ0) is 21.7. The average molecular weight is 426 g/mol. The number of benzene rings is 1. The molecule has 0 bridgehead atoms. The van der Waals surface area contributed by atoms with Gasteiger partial charge in [-0.25, -0.2) is 9.97 Å². The van der Waals surface area contributed by atoms with E-state index in [1.165, 1.54) is 0 Å². The number of nitrogens with one attached hydrogen (secondary N) is 2. The van der Waals surface area contributed by atoms with Gasteiger partial charge in [0.2, 0.25) is 5.91 Å². The number of amides is 1. The quantitative estimate of drug-likeness (QED) is 0.467. The van der Waals surface area contributed by atoms with Crippen molar-refractivity contribution in [2.75, 3.05) is 0 Å². The number of hydrogen-bond acceptors (Lipinski definition) is 3. The highest BCUT2D eigenvalue weighted by molar-refractivity contribution is 5.82. The van der Waals surface area contributed by atoms with Gasteiger partial charge in [-0.15, -0.1) is 0 Å². The molecular formula is C26H27N5O. The zero-order valence-corrected chi connectivity index (χ0v) is 18.2. The van der Waals surface area contributed by atoms with Gasteiger partial charge in [0.25, 0.3) is 0 Å². The van der Waals surface area contributed by atoms with Crippen LogP contribution in [0.2, 0.25) is 0 Å². The highest BCUT2D eigenvalue weighted by atomic mass is 16.2. The third-order valence-electron chi connectivity index (χ3n) is 7.17. The summed E-state index contributed by atoms with van der Waals surface area (Å²) in [5.41, 5.74) is 5.45. The van der Waals surface area contributed by atoms with Gasteiger partial charge in [0.05, 0.1) is 18.2 Å². The van der Waals surface area contributed by atoms with E-state index in [0.29, 0.717) is 6.04 Å². The lowest BCUT2D eigenvalue weighted by Crippen LogP contribution is -2.38. The molecule has 0 spiro atoms. The lowest BCUT2D eigenvalue weighted by atomic mass is 10.0. The lowest BCUT2D eigenvalue weighted by molar-refractivity contribution is -0.125. The number of rotatable bonds is 5. The highest BCUT2D eigenvalue weighted by Gasteiger charge is 2.41. The van der Waals surface area contributed by atoms with Crippen LogP contribution in [-0.4, -0.2) is 31.0 Å². The minimum absolute atomic E-state index is 0.0538. The molecule has 2 N–H and O–H groups in total. The van der Waals surface area contributed by atoms with Gasteiger partial charge in [-0.1, -0.05) is 24.3 Å². The second-order valence-corrected chi connectivity index (χ2v) is 9.62. The van der Waals surface area contributed by atoms with Crippen molar-refractivity contribution in [2.45, 2.75) is 50.6 Å². The number of fused-ring (bicyclic) bond motifs is 1. The zero-order valence-electron chi connectivity index (χ0n) is 18.2. The lowest BCUT2D eigenvalue weighted by Gasteiger charge is -2.18. The summed E-state index contributed by atoms with van der Waals surface area (Å²) in [6.07, 6.45) is 12.7. The first-order valence-corrected chi connectivity index (χ1v) is 11.5. The molecule has 2 atom stereocenters. The number of carbonyl (C=O) groups is 1. The maximum atomic E-state index is 12.7. The first-order valence-electron chi connectivity index (χ1n) is 11.5. The Kier molecular flexibility index (Phi) is 4.42. The van der Waals surface area contributed by atoms with Crippen LogP contribution < -0.4 is 5.32 Å². The van der Waals surface area contributed by atoms with E-state index < -0.39 is 0 Å². The van der Waals surface area contributed by atoms with Crippen molar-refractivity contribution in [1.29, 1.82) is 0 Å². The number of imidazole rings is 1. The first kappa shape index (κ1) is 19.3. The van der Waals surface area contributed by atoms with Crippen molar-refractivity contribution < 1.29 is 4.79 Å². The van der Waals surface area contributed by atoms with Crippen LogP contribution in [0.1, 0.15) is 45.1 Å². The Morgan fingerprint density at radius 3 is 2.72 bits per heavy atom. The summed E-state index contributed by atoms with van der Waals surface area (Å²) in [6, 6.07) is 13.1. The Morgan fingerprint density at radius 2 is 1.91 bits per heavy atom. The molecule has 2 fully saturated rings. The number of carbonyl (C=O) groups excluding carboxylic acids is 1. The molecule has 3 heterocycles. The minimum atomic E-state index is 0.0538. The smallest absolute Gasteiger partial charge is 0.223 e. The van der Waals surface area contributed by atoms with Gasteiger partial charge in [0.1, 0.15) is 5.65 Å². The Balaban J connectivity index is 1.20. The fourth-order valence-electron chi connectivity index (χ4n) is 4.91. The SMILES string of the molecule is CC1(NC(=O)[C@H]2CCC(n3cncc3-c3ccc(-c4cnc5[nH]ccc5c4)cc3)C2)CC1. The molecule has 3 aromatic heterocycles. The van der Waals surface area contributed by atoms with Gasteiger partial charge in [-0.05, 0) is 62.3 Å². The molecule has 6 nitrogen and oxygen atoms in total. The van der Waals surface area contributed by atoms with E-state index in [1.807, 2.05) is 31.0 Å². The van der Waals surface area contributed by atoms with Crippen LogP contribution in [0.4, 0.5) is 0 Å². The summed E-state index contributed by atoms with van der Waals surface area (Å²) >= 11 is 0. The van der Waals surface area contributed by atoms with Crippen molar-refractivity contribution in [1.82, 2.24) is 24.8 Å². The second kappa shape index (κ2) is 7.33. The van der Waals surface area contributed by atoms with E-state index in [1.54, 1.807) is 0 Å². The fraction of sp³-hybridized carbons (Fsp3) is 0.346. The maximum Gasteiger partial charge on any atom is 0.223 e. The minimum Gasteiger partial charge on any atom is -0.351 e. The van der Waals surface area contributed by atoms with Crippen LogP contribution in [0.25, 0.3) is 33.4 Å². The van der Waals surface area contributed by atoms with E-state index in [9.17, 15) is 4.79 Å². The molecule has 6 rings (SSSR count). The Hall–Kier alpha value is -3.41. The average Bonchev–Trinajstić information content (AvgIpc) is 3.28. The highest BCUT2D eigenvalue weighted by Crippen LogP contribution is 2.40. The molecule has 1 amide bonds. The number of H-pyrrole nitrogens is 1. The second-order valence-electron chi connectivity index (χ2n) is 9.62. The standard InChI is InChI=1S/C26H27N5O/c1-26(9-10-26)30-25(32)20-6-7-22(13-20)31-16-27-15-23(31)18-4-2-17(3-5-18)21-12-19-8-11-28-24(19)29-14-21/h2-5,8,11-12,14-16,20,22H,6-7,9-10,13H2,1H3,(H,28,29)(H,30,32)/t20-,22?/m0/s1. The number of nitrogens with zero attached hydrogens (tertiary/aromatic N) is 3. The van der Waals surface area contributed by atoms with Crippen molar-refractivity contribution in [3.8, 4) is 22.4 Å². The fourth-order valence-corrected chi connectivity index (χ4v) is 4.91. The molecule has 1 unspecified atom stereocenters. The van der Waals surface area contributed by atoms with Crippen LogP contribution in [0.15, 0.2) is 61.3 Å². The number of aromatic nitrogens is 4. The summed E-state index contributed by atoms with van der Waals surface area (Å²) in [6.45, 7) is 2.14. The number of pyridine rings is 1. The molecule has 0 saturated heterocycles. The van der Waals surface area contributed by atoms with Crippen LogP contribution in [0, 0.1) is 5.92 Å². The van der Waals surface area contributed by atoms with Crippen molar-refractivity contribution in [2.24, 2.45) is 5.92 Å². The van der Waals surface area contributed by atoms with Crippen molar-refractivity contribution >= 4 is 16.9 Å². The van der Waals surface area contributed by atoms with E-state index in [4.69, 9.17) is 0 Å². The molecule has 6 heteroatoms. The van der Waals surface area contributed by atoms with E-state index >= 15 is 0 Å². The first-order chi connectivity index (χ1) is 15.6. The molecule has 0 radical (unpaired) electrons. The molecule has 2 saturated carbocycles. The maximum absolute atomic E-state index is 12.7. The Bertz CT molecular complexity index is 1280. The van der Waals surface area contributed by atoms with Crippen molar-refractivity contribution in [3.05, 3.63) is 61.3 Å². The van der Waals surface area contributed by atoms with Crippen LogP contribution in [0.3, 0.4) is 0 Å². The summed E-state index contributed by atoms with van der Waals surface area (Å²) < 4.78 is 2.26. The van der Waals surface area contributed by atoms with Gasteiger partial charge in [-0.3, -0.25) is 4.79 Å². The van der Waals surface area contributed by atoms with Gasteiger partial charge in [0.15, 0.2) is 0 Å². The monoisotopic (exact) mass is 425 g/mol. The van der Waals surface area contributed by atoms with Gasteiger partial charge < -0.3 is 14.9 Å². The topological polar surface area (TPSA) is 75.6 Å². The molecule has 32 heavy (non-hydrogen) atoms. The molecule has 1 aromatic carbocycles.